The molecular weight excluding hydrogens is 290 g/mol. The Bertz CT molecular complexity index is 491. The zero-order chi connectivity index (χ0) is 16.1. The normalized spacial score (nSPS) is 20.0. The number of nitrogens with two attached hydrogens (primary N) is 1. The minimum atomic E-state index is -2.84. The number of nitrogens with zero attached hydrogens (tertiary/aromatic N) is 1. The van der Waals surface area contributed by atoms with Gasteiger partial charge in [0.1, 0.15) is 5.75 Å². The molecule has 1 aliphatic rings. The lowest BCUT2D eigenvalue weighted by Gasteiger charge is -2.38. The number of ether oxygens (including phenoxy) is 1. The van der Waals surface area contributed by atoms with Crippen molar-refractivity contribution >= 4 is 5.91 Å². The third kappa shape index (κ3) is 4.40. The summed E-state index contributed by atoms with van der Waals surface area (Å²) < 4.78 is 28.5. The minimum Gasteiger partial charge on any atom is -0.435 e. The molecule has 2 atom stereocenters. The number of hydrogen-bond donors (Lipinski definition) is 1. The largest absolute Gasteiger partial charge is 0.435 e. The molecule has 2 rings (SSSR count). The summed E-state index contributed by atoms with van der Waals surface area (Å²) in [7, 11) is 0. The van der Waals surface area contributed by atoms with Crippen molar-refractivity contribution in [2.24, 2.45) is 5.73 Å². The summed E-state index contributed by atoms with van der Waals surface area (Å²) in [5.41, 5.74) is 6.75. The number of likely N-dealkylation sites (tertiary alicyclic amines) is 1. The summed E-state index contributed by atoms with van der Waals surface area (Å²) in [5.74, 6) is 0.127. The Balaban J connectivity index is 1.98. The van der Waals surface area contributed by atoms with Gasteiger partial charge in [0.15, 0.2) is 0 Å². The first-order valence-corrected chi connectivity index (χ1v) is 7.56. The summed E-state index contributed by atoms with van der Waals surface area (Å²) in [4.78, 5) is 14.3. The van der Waals surface area contributed by atoms with Crippen LogP contribution in [-0.4, -0.2) is 36.0 Å². The molecule has 0 spiro atoms. The molecule has 22 heavy (non-hydrogen) atoms. The number of hydrogen-bond acceptors (Lipinski definition) is 3. The van der Waals surface area contributed by atoms with Gasteiger partial charge in [0.25, 0.3) is 0 Å². The number of piperidine rings is 1. The summed E-state index contributed by atoms with van der Waals surface area (Å²) in [6, 6.07) is 6.22. The van der Waals surface area contributed by atoms with Gasteiger partial charge < -0.3 is 15.4 Å². The number of alkyl halides is 2. The fraction of sp³-hybridized carbons (Fsp3) is 0.562. The predicted molar refractivity (Wildman–Crippen MR) is 79.8 cm³/mol. The molecule has 1 fully saturated rings. The number of carbonyl (C=O) groups is 1. The molecule has 1 aliphatic heterocycles. The molecule has 1 aromatic carbocycles. The van der Waals surface area contributed by atoms with Gasteiger partial charge in [-0.25, -0.2) is 0 Å². The number of amides is 1. The lowest BCUT2D eigenvalue weighted by molar-refractivity contribution is -0.134. The van der Waals surface area contributed by atoms with Crippen LogP contribution in [0.3, 0.4) is 0 Å². The number of halogens is 2. The van der Waals surface area contributed by atoms with Gasteiger partial charge in [0.2, 0.25) is 5.91 Å². The van der Waals surface area contributed by atoms with E-state index in [1.165, 1.54) is 12.1 Å². The molecular formula is C16H22F2N2O2. The molecule has 1 amide bonds. The monoisotopic (exact) mass is 312 g/mol. The maximum atomic E-state index is 12.5. The highest BCUT2D eigenvalue weighted by atomic mass is 19.3. The first-order valence-electron chi connectivity index (χ1n) is 7.56. The van der Waals surface area contributed by atoms with E-state index in [0.717, 1.165) is 31.4 Å². The van der Waals surface area contributed by atoms with Gasteiger partial charge in [-0.15, -0.1) is 0 Å². The smallest absolute Gasteiger partial charge is 0.387 e. The Morgan fingerprint density at radius 1 is 1.36 bits per heavy atom. The quantitative estimate of drug-likeness (QED) is 0.909. The molecule has 0 saturated carbocycles. The first-order chi connectivity index (χ1) is 10.5. The Morgan fingerprint density at radius 3 is 2.64 bits per heavy atom. The van der Waals surface area contributed by atoms with Crippen LogP contribution in [0.4, 0.5) is 8.78 Å². The lowest BCUT2D eigenvalue weighted by atomic mass is 9.96. The standard InChI is InChI=1S/C16H22F2N2O2/c1-11(19)14-4-2-3-9-20(14)15(21)10-12-5-7-13(8-6-12)22-16(17)18/h5-8,11,14,16H,2-4,9-10,19H2,1H3. The van der Waals surface area contributed by atoms with E-state index >= 15 is 0 Å². The van der Waals surface area contributed by atoms with Crippen molar-refractivity contribution in [1.82, 2.24) is 4.90 Å². The van der Waals surface area contributed by atoms with Gasteiger partial charge in [-0.3, -0.25) is 4.79 Å². The van der Waals surface area contributed by atoms with Gasteiger partial charge in [-0.2, -0.15) is 8.78 Å². The van der Waals surface area contributed by atoms with Crippen molar-refractivity contribution < 1.29 is 18.3 Å². The topological polar surface area (TPSA) is 55.6 Å². The molecule has 0 radical (unpaired) electrons. The van der Waals surface area contributed by atoms with E-state index in [1.54, 1.807) is 12.1 Å². The fourth-order valence-corrected chi connectivity index (χ4v) is 2.88. The van der Waals surface area contributed by atoms with Gasteiger partial charge >= 0.3 is 6.61 Å². The Hall–Kier alpha value is -1.69. The van der Waals surface area contributed by atoms with Crippen LogP contribution in [0, 0.1) is 0 Å². The van der Waals surface area contributed by atoms with E-state index < -0.39 is 6.61 Å². The number of benzene rings is 1. The zero-order valence-corrected chi connectivity index (χ0v) is 12.7. The van der Waals surface area contributed by atoms with Crippen LogP contribution in [0.15, 0.2) is 24.3 Å². The Morgan fingerprint density at radius 2 is 2.05 bits per heavy atom. The van der Waals surface area contributed by atoms with E-state index in [0.29, 0.717) is 0 Å². The van der Waals surface area contributed by atoms with Crippen LogP contribution in [0.25, 0.3) is 0 Å². The highest BCUT2D eigenvalue weighted by molar-refractivity contribution is 5.79. The highest BCUT2D eigenvalue weighted by Crippen LogP contribution is 2.21. The molecule has 4 nitrogen and oxygen atoms in total. The second kappa shape index (κ2) is 7.54. The number of carbonyl (C=O) groups excluding carboxylic acids is 1. The van der Waals surface area contributed by atoms with E-state index in [4.69, 9.17) is 5.73 Å². The third-order valence-corrected chi connectivity index (χ3v) is 3.98. The molecule has 2 N–H and O–H groups in total. The Kier molecular flexibility index (Phi) is 5.71. The summed E-state index contributed by atoms with van der Waals surface area (Å²) in [5, 5.41) is 0. The van der Waals surface area contributed by atoms with Gasteiger partial charge in [-0.1, -0.05) is 12.1 Å². The van der Waals surface area contributed by atoms with Crippen LogP contribution >= 0.6 is 0 Å². The van der Waals surface area contributed by atoms with E-state index in [-0.39, 0.29) is 30.2 Å². The van der Waals surface area contributed by atoms with E-state index in [2.05, 4.69) is 4.74 Å². The van der Waals surface area contributed by atoms with E-state index in [9.17, 15) is 13.6 Å². The van der Waals surface area contributed by atoms with Crippen LogP contribution in [0.1, 0.15) is 31.7 Å². The molecule has 2 unspecified atom stereocenters. The average molecular weight is 312 g/mol. The predicted octanol–water partition coefficient (Wildman–Crippen LogP) is 2.56. The zero-order valence-electron chi connectivity index (χ0n) is 12.7. The SMILES string of the molecule is CC(N)C1CCCCN1C(=O)Cc1ccc(OC(F)F)cc1. The van der Waals surface area contributed by atoms with Gasteiger partial charge in [0.05, 0.1) is 6.42 Å². The second-order valence-electron chi connectivity index (χ2n) is 5.71. The number of rotatable bonds is 5. The molecule has 0 aromatic heterocycles. The molecule has 6 heteroatoms. The van der Waals surface area contributed by atoms with Crippen molar-refractivity contribution in [1.29, 1.82) is 0 Å². The average Bonchev–Trinajstić information content (AvgIpc) is 2.48. The van der Waals surface area contributed by atoms with Crippen molar-refractivity contribution in [3.63, 3.8) is 0 Å². The molecule has 1 aromatic rings. The van der Waals surface area contributed by atoms with Crippen molar-refractivity contribution in [2.75, 3.05) is 6.54 Å². The van der Waals surface area contributed by atoms with Crippen molar-refractivity contribution in [2.45, 2.75) is 51.3 Å². The van der Waals surface area contributed by atoms with Gasteiger partial charge in [0, 0.05) is 18.6 Å². The fourth-order valence-electron chi connectivity index (χ4n) is 2.88. The summed E-state index contributed by atoms with van der Waals surface area (Å²) in [6.07, 6.45) is 3.27. The molecule has 1 heterocycles. The maximum absolute atomic E-state index is 12.5. The molecule has 0 bridgehead atoms. The highest BCUT2D eigenvalue weighted by Gasteiger charge is 2.28. The van der Waals surface area contributed by atoms with Crippen LogP contribution in [-0.2, 0) is 11.2 Å². The van der Waals surface area contributed by atoms with Crippen molar-refractivity contribution in [3.8, 4) is 5.75 Å². The summed E-state index contributed by atoms with van der Waals surface area (Å²) in [6.45, 7) is -0.183. The van der Waals surface area contributed by atoms with E-state index in [1.807, 2.05) is 11.8 Å². The van der Waals surface area contributed by atoms with Crippen LogP contribution in [0.5, 0.6) is 5.75 Å². The molecule has 1 saturated heterocycles. The van der Waals surface area contributed by atoms with Crippen molar-refractivity contribution in [3.05, 3.63) is 29.8 Å². The summed E-state index contributed by atoms with van der Waals surface area (Å²) >= 11 is 0. The molecule has 0 aliphatic carbocycles. The van der Waals surface area contributed by atoms with Crippen LogP contribution in [0.2, 0.25) is 0 Å². The maximum Gasteiger partial charge on any atom is 0.387 e. The lowest BCUT2D eigenvalue weighted by Crippen LogP contribution is -2.52. The second-order valence-corrected chi connectivity index (χ2v) is 5.71. The first kappa shape index (κ1) is 16.7. The minimum absolute atomic E-state index is 0.0320. The van der Waals surface area contributed by atoms with Gasteiger partial charge in [-0.05, 0) is 43.9 Å². The molecule has 122 valence electrons. The van der Waals surface area contributed by atoms with Crippen LogP contribution < -0.4 is 10.5 Å². The third-order valence-electron chi connectivity index (χ3n) is 3.98. The Labute approximate surface area is 129 Å².